The fourth-order valence-electron chi connectivity index (χ4n) is 2.98. The summed E-state index contributed by atoms with van der Waals surface area (Å²) in [6.07, 6.45) is -3.34. The van der Waals surface area contributed by atoms with Crippen molar-refractivity contribution in [2.75, 3.05) is 12.4 Å². The number of rotatable bonds is 6. The molecular weight excluding hydrogens is 407 g/mol. The smallest absolute Gasteiger partial charge is 0.454 e. The normalized spacial score (nSPS) is 12.7. The van der Waals surface area contributed by atoms with E-state index in [1.807, 2.05) is 36.4 Å². The zero-order valence-corrected chi connectivity index (χ0v) is 16.9. The molecule has 4 nitrogen and oxygen atoms in total. The Hall–Kier alpha value is -3.61. The molecule has 0 aliphatic rings. The van der Waals surface area contributed by atoms with E-state index >= 15 is 0 Å². The number of allylic oxidation sites excluding steroid dienone is 1. The lowest BCUT2D eigenvalue weighted by Gasteiger charge is -2.14. The van der Waals surface area contributed by atoms with Crippen molar-refractivity contribution in [2.45, 2.75) is 19.0 Å². The van der Waals surface area contributed by atoms with Crippen molar-refractivity contribution < 1.29 is 27.5 Å². The minimum atomic E-state index is -4.89. The van der Waals surface area contributed by atoms with Gasteiger partial charge in [-0.1, -0.05) is 42.5 Å². The van der Waals surface area contributed by atoms with Crippen LogP contribution in [0, 0.1) is 0 Å². The molecule has 0 bridgehead atoms. The minimum absolute atomic E-state index is 0.219. The first-order chi connectivity index (χ1) is 14.7. The minimum Gasteiger partial charge on any atom is -0.497 e. The molecule has 0 saturated carbocycles. The van der Waals surface area contributed by atoms with Crippen molar-refractivity contribution in [3.8, 4) is 5.75 Å². The van der Waals surface area contributed by atoms with Gasteiger partial charge in [0, 0.05) is 5.69 Å². The van der Waals surface area contributed by atoms with E-state index in [1.165, 1.54) is 12.1 Å². The van der Waals surface area contributed by atoms with Crippen molar-refractivity contribution in [1.29, 1.82) is 0 Å². The molecule has 0 aromatic heterocycles. The highest BCUT2D eigenvalue weighted by atomic mass is 19.4. The highest BCUT2D eigenvalue weighted by Gasteiger charge is 2.35. The van der Waals surface area contributed by atoms with E-state index in [-0.39, 0.29) is 5.91 Å². The number of fused-ring (bicyclic) bond motifs is 1. The van der Waals surface area contributed by atoms with Crippen LogP contribution in [0.15, 0.2) is 66.7 Å². The molecule has 0 aliphatic carbocycles. The van der Waals surface area contributed by atoms with Crippen LogP contribution in [0.5, 0.6) is 5.75 Å². The Morgan fingerprint density at radius 3 is 2.26 bits per heavy atom. The summed E-state index contributed by atoms with van der Waals surface area (Å²) < 4.78 is 41.9. The Morgan fingerprint density at radius 2 is 1.61 bits per heavy atom. The molecule has 0 unspecified atom stereocenters. The third-order valence-corrected chi connectivity index (χ3v) is 4.85. The second-order valence-corrected chi connectivity index (χ2v) is 7.00. The van der Waals surface area contributed by atoms with Gasteiger partial charge in [0.25, 0.3) is 5.78 Å². The fourth-order valence-corrected chi connectivity index (χ4v) is 2.98. The van der Waals surface area contributed by atoms with Gasteiger partial charge in [0.1, 0.15) is 5.75 Å². The van der Waals surface area contributed by atoms with Gasteiger partial charge in [-0.15, -0.1) is 0 Å². The molecule has 0 aliphatic heterocycles. The van der Waals surface area contributed by atoms with Gasteiger partial charge in [0.2, 0.25) is 5.91 Å². The van der Waals surface area contributed by atoms with Gasteiger partial charge in [0.15, 0.2) is 0 Å². The molecule has 3 aromatic carbocycles. The highest BCUT2D eigenvalue weighted by Crippen LogP contribution is 2.26. The average Bonchev–Trinajstić information content (AvgIpc) is 2.76. The number of carbonyl (C=O) groups is 2. The van der Waals surface area contributed by atoms with Gasteiger partial charge in [-0.3, -0.25) is 9.59 Å². The maximum atomic E-state index is 12.6. The second kappa shape index (κ2) is 9.04. The topological polar surface area (TPSA) is 55.4 Å². The molecule has 0 fully saturated rings. The molecule has 0 radical (unpaired) electrons. The summed E-state index contributed by atoms with van der Waals surface area (Å²) in [5.74, 6) is -1.81. The van der Waals surface area contributed by atoms with Crippen LogP contribution in [0.2, 0.25) is 0 Å². The lowest BCUT2D eigenvalue weighted by Crippen LogP contribution is -2.19. The summed E-state index contributed by atoms with van der Waals surface area (Å²) in [7, 11) is 1.60. The van der Waals surface area contributed by atoms with Crippen molar-refractivity contribution in [3.63, 3.8) is 0 Å². The largest absolute Gasteiger partial charge is 0.497 e. The van der Waals surface area contributed by atoms with Crippen LogP contribution >= 0.6 is 0 Å². The van der Waals surface area contributed by atoms with Gasteiger partial charge in [-0.05, 0) is 59.2 Å². The van der Waals surface area contributed by atoms with Crippen LogP contribution < -0.4 is 10.1 Å². The number of hydrogen-bond acceptors (Lipinski definition) is 3. The number of methoxy groups -OCH3 is 1. The average molecular weight is 427 g/mol. The predicted molar refractivity (Wildman–Crippen MR) is 114 cm³/mol. The Morgan fingerprint density at radius 1 is 0.968 bits per heavy atom. The van der Waals surface area contributed by atoms with Crippen LogP contribution in [0.4, 0.5) is 18.9 Å². The van der Waals surface area contributed by atoms with E-state index < -0.39 is 17.9 Å². The molecule has 3 rings (SSSR count). The summed E-state index contributed by atoms with van der Waals surface area (Å²) in [5, 5.41) is 4.78. The first-order valence-corrected chi connectivity index (χ1v) is 9.45. The monoisotopic (exact) mass is 427 g/mol. The molecule has 0 saturated heterocycles. The molecule has 0 heterocycles. The lowest BCUT2D eigenvalue weighted by atomic mass is 9.97. The first-order valence-electron chi connectivity index (χ1n) is 9.45. The number of benzene rings is 3. The number of amides is 1. The number of alkyl halides is 3. The van der Waals surface area contributed by atoms with E-state index in [9.17, 15) is 22.8 Å². The number of hydrogen-bond donors (Lipinski definition) is 1. The van der Waals surface area contributed by atoms with Crippen LogP contribution in [-0.4, -0.2) is 25.0 Å². The number of nitrogens with one attached hydrogen (secondary N) is 1. The summed E-state index contributed by atoms with van der Waals surface area (Å²) in [4.78, 5) is 23.5. The Bertz CT molecular complexity index is 1140. The summed E-state index contributed by atoms with van der Waals surface area (Å²) >= 11 is 0. The molecule has 0 spiro atoms. The number of ketones is 1. The van der Waals surface area contributed by atoms with Gasteiger partial charge < -0.3 is 10.1 Å². The summed E-state index contributed by atoms with van der Waals surface area (Å²) in [6.45, 7) is 1.79. The summed E-state index contributed by atoms with van der Waals surface area (Å²) in [5.41, 5.74) is 1.76. The highest BCUT2D eigenvalue weighted by molar-refractivity contribution is 5.98. The number of carbonyl (C=O) groups excluding carboxylic acids is 2. The third kappa shape index (κ3) is 5.51. The molecule has 1 N–H and O–H groups in total. The van der Waals surface area contributed by atoms with Crippen LogP contribution in [-0.2, 0) is 9.59 Å². The predicted octanol–water partition coefficient (Wildman–Crippen LogP) is 5.74. The lowest BCUT2D eigenvalue weighted by molar-refractivity contribution is -0.165. The van der Waals surface area contributed by atoms with Crippen LogP contribution in [0.3, 0.4) is 0 Å². The maximum absolute atomic E-state index is 12.6. The Balaban J connectivity index is 1.67. The Labute approximate surface area is 177 Å². The SMILES string of the molecule is COc1ccc2cc([C@H](C)C(=O)Nc3ccc(/C=C/C(=O)C(F)(F)F)cc3)ccc2c1. The number of halogens is 3. The van der Waals surface area contributed by atoms with E-state index in [0.29, 0.717) is 17.3 Å². The zero-order valence-electron chi connectivity index (χ0n) is 16.9. The van der Waals surface area contributed by atoms with Crippen LogP contribution in [0.25, 0.3) is 16.8 Å². The van der Waals surface area contributed by atoms with Crippen LogP contribution in [0.1, 0.15) is 24.0 Å². The third-order valence-electron chi connectivity index (χ3n) is 4.85. The molecule has 160 valence electrons. The molecule has 31 heavy (non-hydrogen) atoms. The van der Waals surface area contributed by atoms with Crippen molar-refractivity contribution >= 4 is 34.2 Å². The van der Waals surface area contributed by atoms with Gasteiger partial charge in [0.05, 0.1) is 13.0 Å². The van der Waals surface area contributed by atoms with Crippen molar-refractivity contribution in [2.24, 2.45) is 0 Å². The van der Waals surface area contributed by atoms with Crippen molar-refractivity contribution in [1.82, 2.24) is 0 Å². The van der Waals surface area contributed by atoms with E-state index in [2.05, 4.69) is 5.32 Å². The number of ether oxygens (including phenoxy) is 1. The molecule has 1 amide bonds. The molecule has 1 atom stereocenters. The van der Waals surface area contributed by atoms with Gasteiger partial charge in [-0.2, -0.15) is 13.2 Å². The fraction of sp³-hybridized carbons (Fsp3) is 0.167. The standard InChI is InChI=1S/C24H20F3NO3/c1-15(17-6-7-19-14-21(31-2)11-8-18(19)13-17)23(30)28-20-9-3-16(4-10-20)5-12-22(29)24(25,26)27/h3-15H,1-2H3,(H,28,30)/b12-5+/t15-/m0/s1. The van der Waals surface area contributed by atoms with Gasteiger partial charge >= 0.3 is 6.18 Å². The summed E-state index contributed by atoms with van der Waals surface area (Å²) in [6, 6.07) is 17.6. The molecule has 7 heteroatoms. The molecule has 3 aromatic rings. The van der Waals surface area contributed by atoms with Gasteiger partial charge in [-0.25, -0.2) is 0 Å². The molecular formula is C24H20F3NO3. The number of anilines is 1. The van der Waals surface area contributed by atoms with Crippen molar-refractivity contribution in [3.05, 3.63) is 77.9 Å². The van der Waals surface area contributed by atoms with E-state index in [0.717, 1.165) is 28.2 Å². The maximum Gasteiger partial charge on any atom is 0.454 e. The zero-order chi connectivity index (χ0) is 22.6. The first kappa shape index (κ1) is 22.1. The quantitative estimate of drug-likeness (QED) is 0.511. The van der Waals surface area contributed by atoms with E-state index in [4.69, 9.17) is 4.74 Å². The Kier molecular flexibility index (Phi) is 6.44. The van der Waals surface area contributed by atoms with E-state index in [1.54, 1.807) is 26.2 Å². The second-order valence-electron chi connectivity index (χ2n) is 7.00.